The summed E-state index contributed by atoms with van der Waals surface area (Å²) in [7, 11) is 0. The SMILES string of the molecule is CC(=O)OC[C@@](C)(O)C(=O)[C@H](CC(C)C)NC(=O)[C@H](Cc1ccccc1)NC(=O)[C@H](CC(C)C)NC(=O)[C@H](CCc1ccccc1)NC(=O)CN1CCOCC1. The second-order valence-corrected chi connectivity index (χ2v) is 15.6. The van der Waals surface area contributed by atoms with Crippen molar-refractivity contribution in [3.8, 4) is 0 Å². The zero-order valence-electron chi connectivity index (χ0n) is 33.7. The van der Waals surface area contributed by atoms with Gasteiger partial charge in [0.2, 0.25) is 23.6 Å². The van der Waals surface area contributed by atoms with Gasteiger partial charge in [-0.05, 0) is 55.6 Å². The summed E-state index contributed by atoms with van der Waals surface area (Å²) in [5.41, 5.74) is -0.367. The van der Waals surface area contributed by atoms with E-state index in [1.807, 2.05) is 69.0 Å². The predicted octanol–water partition coefficient (Wildman–Crippen LogP) is 2.11. The number of ketones is 1. The molecule has 308 valence electrons. The van der Waals surface area contributed by atoms with Gasteiger partial charge in [-0.3, -0.25) is 33.7 Å². The van der Waals surface area contributed by atoms with Crippen molar-refractivity contribution < 1.29 is 43.3 Å². The lowest BCUT2D eigenvalue weighted by molar-refractivity contribution is -0.156. The molecule has 0 radical (unpaired) electrons. The third-order valence-corrected chi connectivity index (χ3v) is 9.37. The van der Waals surface area contributed by atoms with Crippen molar-refractivity contribution >= 4 is 35.4 Å². The molecule has 1 aliphatic rings. The maximum Gasteiger partial charge on any atom is 0.302 e. The fraction of sp³-hybridized carbons (Fsp3) is 0.571. The molecule has 0 bridgehead atoms. The summed E-state index contributed by atoms with van der Waals surface area (Å²) in [5.74, 6) is -3.67. The molecule has 2 aromatic rings. The minimum atomic E-state index is -2.09. The van der Waals surface area contributed by atoms with E-state index in [1.54, 1.807) is 24.3 Å². The Morgan fingerprint density at radius 3 is 1.80 bits per heavy atom. The van der Waals surface area contributed by atoms with E-state index in [1.165, 1.54) is 6.92 Å². The lowest BCUT2D eigenvalue weighted by atomic mass is 9.90. The van der Waals surface area contributed by atoms with Crippen LogP contribution in [0, 0.1) is 11.8 Å². The lowest BCUT2D eigenvalue weighted by Gasteiger charge is -2.30. The second kappa shape index (κ2) is 22.8. The van der Waals surface area contributed by atoms with Crippen LogP contribution in [-0.2, 0) is 51.1 Å². The number of nitrogens with one attached hydrogen (secondary N) is 4. The van der Waals surface area contributed by atoms with Gasteiger partial charge in [-0.1, -0.05) is 88.4 Å². The van der Waals surface area contributed by atoms with Crippen LogP contribution in [0.3, 0.4) is 0 Å². The number of carbonyl (C=O) groups is 6. The number of nitrogens with zero attached hydrogens (tertiary/aromatic N) is 1. The van der Waals surface area contributed by atoms with Crippen molar-refractivity contribution in [1.29, 1.82) is 0 Å². The Bertz CT molecular complexity index is 1580. The van der Waals surface area contributed by atoms with Crippen LogP contribution >= 0.6 is 0 Å². The van der Waals surface area contributed by atoms with E-state index in [0.29, 0.717) is 32.7 Å². The molecule has 4 amide bonds. The summed E-state index contributed by atoms with van der Waals surface area (Å²) in [6.45, 7) is 11.6. The van der Waals surface area contributed by atoms with Crippen LogP contribution in [0.2, 0.25) is 0 Å². The van der Waals surface area contributed by atoms with Crippen molar-refractivity contribution in [1.82, 2.24) is 26.2 Å². The maximum atomic E-state index is 14.1. The minimum absolute atomic E-state index is 0.0429. The third kappa shape index (κ3) is 16.2. The first-order valence-electron chi connectivity index (χ1n) is 19.5. The highest BCUT2D eigenvalue weighted by atomic mass is 16.5. The van der Waals surface area contributed by atoms with Crippen LogP contribution in [-0.4, -0.2) is 115 Å². The highest BCUT2D eigenvalue weighted by Gasteiger charge is 2.39. The lowest BCUT2D eigenvalue weighted by Crippen LogP contribution is -2.60. The summed E-state index contributed by atoms with van der Waals surface area (Å²) in [5, 5.41) is 22.3. The van der Waals surface area contributed by atoms with Crippen molar-refractivity contribution in [2.45, 2.75) is 103 Å². The average molecular weight is 780 g/mol. The third-order valence-electron chi connectivity index (χ3n) is 9.37. The number of aliphatic hydroxyl groups is 1. The highest BCUT2D eigenvalue weighted by Crippen LogP contribution is 2.17. The number of benzene rings is 2. The molecule has 2 aromatic carbocycles. The van der Waals surface area contributed by atoms with E-state index < -0.39 is 65.8 Å². The molecule has 5 atom stereocenters. The van der Waals surface area contributed by atoms with Crippen molar-refractivity contribution in [2.75, 3.05) is 39.5 Å². The Morgan fingerprint density at radius 2 is 1.23 bits per heavy atom. The minimum Gasteiger partial charge on any atom is -0.462 e. The first-order chi connectivity index (χ1) is 26.5. The van der Waals surface area contributed by atoms with Crippen LogP contribution < -0.4 is 21.3 Å². The summed E-state index contributed by atoms with van der Waals surface area (Å²) in [6.07, 6.45) is 1.25. The predicted molar refractivity (Wildman–Crippen MR) is 211 cm³/mol. The molecule has 56 heavy (non-hydrogen) atoms. The van der Waals surface area contributed by atoms with Gasteiger partial charge in [0.05, 0.1) is 25.8 Å². The van der Waals surface area contributed by atoms with E-state index in [0.717, 1.165) is 18.1 Å². The van der Waals surface area contributed by atoms with E-state index in [4.69, 9.17) is 9.47 Å². The number of morpholine rings is 1. The van der Waals surface area contributed by atoms with Crippen LogP contribution in [0.1, 0.15) is 71.9 Å². The van der Waals surface area contributed by atoms with Crippen molar-refractivity contribution in [3.63, 3.8) is 0 Å². The summed E-state index contributed by atoms with van der Waals surface area (Å²) in [6, 6.07) is 14.3. The number of carbonyl (C=O) groups excluding carboxylic acids is 6. The summed E-state index contributed by atoms with van der Waals surface area (Å²) in [4.78, 5) is 82.4. The number of aryl methyl sites for hydroxylation is 1. The van der Waals surface area contributed by atoms with Crippen LogP contribution in [0.5, 0.6) is 0 Å². The molecule has 0 unspecified atom stereocenters. The number of rotatable bonds is 22. The second-order valence-electron chi connectivity index (χ2n) is 15.6. The summed E-state index contributed by atoms with van der Waals surface area (Å²) < 4.78 is 10.3. The molecular weight excluding hydrogens is 718 g/mol. The Hall–Kier alpha value is -4.66. The molecule has 0 aliphatic carbocycles. The van der Waals surface area contributed by atoms with Gasteiger partial charge in [-0.15, -0.1) is 0 Å². The van der Waals surface area contributed by atoms with Crippen molar-refractivity contribution in [3.05, 3.63) is 71.8 Å². The molecule has 0 aromatic heterocycles. The maximum absolute atomic E-state index is 14.1. The van der Waals surface area contributed by atoms with E-state index in [-0.39, 0.29) is 50.0 Å². The Morgan fingerprint density at radius 1 is 0.732 bits per heavy atom. The first kappa shape index (κ1) is 45.7. The van der Waals surface area contributed by atoms with E-state index in [2.05, 4.69) is 21.3 Å². The average Bonchev–Trinajstić information content (AvgIpc) is 3.15. The normalized spacial score (nSPS) is 16.4. The molecule has 3 rings (SSSR count). The van der Waals surface area contributed by atoms with Gasteiger partial charge in [0, 0.05) is 26.4 Å². The molecule has 1 saturated heterocycles. The van der Waals surface area contributed by atoms with Gasteiger partial charge in [0.25, 0.3) is 0 Å². The molecule has 14 nitrogen and oxygen atoms in total. The number of hydrogen-bond donors (Lipinski definition) is 5. The molecule has 0 spiro atoms. The van der Waals surface area contributed by atoms with Gasteiger partial charge in [-0.25, -0.2) is 0 Å². The topological polar surface area (TPSA) is 192 Å². The molecule has 1 heterocycles. The zero-order chi connectivity index (χ0) is 41.3. The summed E-state index contributed by atoms with van der Waals surface area (Å²) >= 11 is 0. The monoisotopic (exact) mass is 779 g/mol. The molecular formula is C42H61N5O9. The molecule has 5 N–H and O–H groups in total. The quantitative estimate of drug-likeness (QED) is 0.111. The Balaban J connectivity index is 1.85. The number of ether oxygens (including phenoxy) is 2. The molecule has 14 heteroatoms. The van der Waals surface area contributed by atoms with Crippen LogP contribution in [0.4, 0.5) is 0 Å². The Kier molecular flexibility index (Phi) is 18.6. The van der Waals surface area contributed by atoms with Crippen LogP contribution in [0.15, 0.2) is 60.7 Å². The largest absolute Gasteiger partial charge is 0.462 e. The fourth-order valence-corrected chi connectivity index (χ4v) is 6.40. The van der Waals surface area contributed by atoms with Gasteiger partial charge in [0.1, 0.15) is 24.7 Å². The number of esters is 1. The first-order valence-corrected chi connectivity index (χ1v) is 19.5. The van der Waals surface area contributed by atoms with E-state index >= 15 is 0 Å². The molecule has 0 saturated carbocycles. The Labute approximate surface area is 330 Å². The zero-order valence-corrected chi connectivity index (χ0v) is 33.7. The molecule has 1 fully saturated rings. The van der Waals surface area contributed by atoms with Gasteiger partial charge in [-0.2, -0.15) is 0 Å². The number of amides is 4. The number of Topliss-reactive ketones (excluding diaryl/α,β-unsaturated/α-hetero) is 1. The smallest absolute Gasteiger partial charge is 0.302 e. The van der Waals surface area contributed by atoms with Crippen molar-refractivity contribution in [2.24, 2.45) is 11.8 Å². The molecule has 1 aliphatic heterocycles. The fourth-order valence-electron chi connectivity index (χ4n) is 6.40. The van der Waals surface area contributed by atoms with E-state index in [9.17, 15) is 33.9 Å². The van der Waals surface area contributed by atoms with Gasteiger partial charge >= 0.3 is 5.97 Å². The van der Waals surface area contributed by atoms with Crippen LogP contribution in [0.25, 0.3) is 0 Å². The standard InChI is InChI=1S/C42H61N5O9/c1-28(2)23-34(38(50)42(6,54)27-56-30(5)48)44-41(53)36(25-32-15-11-8-12-16-32)46-40(52)35(24-29(3)4)45-39(51)33(18-17-31-13-9-7-10-14-31)43-37(49)26-47-19-21-55-22-20-47/h7-16,28-29,33-36,54H,17-27H2,1-6H3,(H,43,49)(H,44,53)(H,45,51)(H,46,52)/t33-,34-,35-,36-,42+/m0/s1. The number of hydrogen-bond acceptors (Lipinski definition) is 10. The highest BCUT2D eigenvalue weighted by molar-refractivity contribution is 5.98. The van der Waals surface area contributed by atoms with Gasteiger partial charge < -0.3 is 35.8 Å². The van der Waals surface area contributed by atoms with Gasteiger partial charge in [0.15, 0.2) is 11.4 Å².